The van der Waals surface area contributed by atoms with Gasteiger partial charge in [-0.2, -0.15) is 4.98 Å². The molecule has 0 atom stereocenters. The number of carbonyl (C=O) groups excluding carboxylic acids is 1. The second-order valence-corrected chi connectivity index (χ2v) is 6.32. The van der Waals surface area contributed by atoms with Crippen LogP contribution in [0.5, 0.6) is 11.8 Å². The summed E-state index contributed by atoms with van der Waals surface area (Å²) in [6, 6.07) is 2.77. The monoisotopic (exact) mass is 359 g/mol. The topological polar surface area (TPSA) is 72.8 Å². The number of nitrogens with one attached hydrogen (secondary N) is 1. The predicted octanol–water partition coefficient (Wildman–Crippen LogP) is 2.39. The van der Waals surface area contributed by atoms with Crippen molar-refractivity contribution in [1.29, 1.82) is 0 Å². The molecule has 2 heterocycles. The Morgan fingerprint density at radius 1 is 1.29 bits per heavy atom. The van der Waals surface area contributed by atoms with Crippen molar-refractivity contribution >= 4 is 22.8 Å². The Morgan fingerprint density at radius 2 is 1.96 bits per heavy atom. The van der Waals surface area contributed by atoms with Crippen LogP contribution < -0.4 is 14.8 Å². The van der Waals surface area contributed by atoms with Gasteiger partial charge in [0.2, 0.25) is 11.8 Å². The molecule has 0 aliphatic carbocycles. The molecular formula is C15H19F2N3O3S. The first-order chi connectivity index (χ1) is 11.5. The van der Waals surface area contributed by atoms with Gasteiger partial charge in [-0.1, -0.05) is 11.8 Å². The Morgan fingerprint density at radius 3 is 2.50 bits per heavy atom. The van der Waals surface area contributed by atoms with Crippen LogP contribution in [0, 0.1) is 0 Å². The fourth-order valence-electron chi connectivity index (χ4n) is 1.83. The number of nitrogens with zero attached hydrogens (tertiary/aromatic N) is 2. The lowest BCUT2D eigenvalue weighted by molar-refractivity contribution is 0.0973. The minimum absolute atomic E-state index is 0.0698. The van der Waals surface area contributed by atoms with Crippen LogP contribution in [0.15, 0.2) is 17.1 Å². The molecule has 1 aliphatic rings. The number of aromatic nitrogens is 1. The summed E-state index contributed by atoms with van der Waals surface area (Å²) >= 11 is 1.44. The number of alkyl halides is 2. The largest absolute Gasteiger partial charge is 0.475 e. The van der Waals surface area contributed by atoms with Crippen molar-refractivity contribution in [2.75, 3.05) is 25.6 Å². The van der Waals surface area contributed by atoms with Crippen LogP contribution >= 0.6 is 11.8 Å². The average Bonchev–Trinajstić information content (AvgIpc) is 3.04. The number of hydrogen-bond acceptors (Lipinski definition) is 6. The smallest absolute Gasteiger partial charge is 0.257 e. The van der Waals surface area contributed by atoms with E-state index < -0.39 is 25.4 Å². The van der Waals surface area contributed by atoms with Gasteiger partial charge < -0.3 is 14.8 Å². The average molecular weight is 359 g/mol. The van der Waals surface area contributed by atoms with E-state index in [2.05, 4.69) is 15.3 Å². The van der Waals surface area contributed by atoms with Crippen LogP contribution in [-0.2, 0) is 0 Å². The molecule has 1 amide bonds. The van der Waals surface area contributed by atoms with Gasteiger partial charge in [0, 0.05) is 17.9 Å². The maximum Gasteiger partial charge on any atom is 0.257 e. The zero-order valence-electron chi connectivity index (χ0n) is 13.4. The number of rotatable bonds is 7. The summed E-state index contributed by atoms with van der Waals surface area (Å²) in [5.41, 5.74) is 0.210. The summed E-state index contributed by atoms with van der Waals surface area (Å²) in [6.45, 7) is 2.25. The number of hydrogen-bond donors (Lipinski definition) is 1. The number of thioether (sulfide) groups is 1. The first-order valence-corrected chi connectivity index (χ1v) is 8.46. The van der Waals surface area contributed by atoms with Gasteiger partial charge in [-0.25, -0.2) is 8.78 Å². The Kier molecular flexibility index (Phi) is 6.77. The number of carbonyl (C=O) groups is 1. The standard InChI is InChI=1S/C15H19F2N3O3S/c1-9(2)22-12-5-10(14(21)20-15-18-3-4-24-15)6-13(19-12)23-11(7-16)8-17/h5-6,9,11H,3-4,7-8H2,1-2H3,(H,18,20,21). The molecule has 1 aliphatic heterocycles. The highest BCUT2D eigenvalue weighted by Crippen LogP contribution is 2.21. The Balaban J connectivity index is 2.22. The Labute approximate surface area is 143 Å². The van der Waals surface area contributed by atoms with E-state index in [-0.39, 0.29) is 23.4 Å². The summed E-state index contributed by atoms with van der Waals surface area (Å²) in [6.07, 6.45) is -1.45. The molecule has 0 aromatic carbocycles. The van der Waals surface area contributed by atoms with E-state index in [1.54, 1.807) is 13.8 Å². The van der Waals surface area contributed by atoms with Crippen molar-refractivity contribution in [1.82, 2.24) is 10.3 Å². The summed E-state index contributed by atoms with van der Waals surface area (Å²) < 4.78 is 35.9. The molecule has 1 N–H and O–H groups in total. The van der Waals surface area contributed by atoms with Gasteiger partial charge in [0.05, 0.1) is 18.2 Å². The van der Waals surface area contributed by atoms with Gasteiger partial charge in [-0.05, 0) is 13.8 Å². The van der Waals surface area contributed by atoms with Crippen molar-refractivity contribution in [3.05, 3.63) is 17.7 Å². The van der Waals surface area contributed by atoms with E-state index in [0.29, 0.717) is 11.7 Å². The zero-order chi connectivity index (χ0) is 17.5. The van der Waals surface area contributed by atoms with E-state index >= 15 is 0 Å². The highest BCUT2D eigenvalue weighted by atomic mass is 32.2. The van der Waals surface area contributed by atoms with Gasteiger partial charge in [-0.15, -0.1) is 0 Å². The third-order valence-corrected chi connectivity index (χ3v) is 3.73. The maximum absolute atomic E-state index is 12.7. The molecule has 0 spiro atoms. The van der Waals surface area contributed by atoms with Gasteiger partial charge >= 0.3 is 0 Å². The van der Waals surface area contributed by atoms with Gasteiger partial charge in [-0.3, -0.25) is 9.79 Å². The first-order valence-electron chi connectivity index (χ1n) is 7.47. The lowest BCUT2D eigenvalue weighted by Gasteiger charge is -2.15. The van der Waals surface area contributed by atoms with E-state index in [1.807, 2.05) is 0 Å². The summed E-state index contributed by atoms with van der Waals surface area (Å²) in [5.74, 6) is 0.474. The molecule has 1 aromatic heterocycles. The Bertz CT molecular complexity index is 610. The molecule has 132 valence electrons. The highest BCUT2D eigenvalue weighted by molar-refractivity contribution is 8.14. The molecule has 0 radical (unpaired) electrons. The minimum Gasteiger partial charge on any atom is -0.475 e. The number of halogens is 2. The van der Waals surface area contributed by atoms with Crippen molar-refractivity contribution in [3.63, 3.8) is 0 Å². The fourth-order valence-corrected chi connectivity index (χ4v) is 2.55. The summed E-state index contributed by atoms with van der Waals surface area (Å²) in [4.78, 5) is 20.5. The maximum atomic E-state index is 12.7. The molecular weight excluding hydrogens is 340 g/mol. The molecule has 2 rings (SSSR count). The highest BCUT2D eigenvalue weighted by Gasteiger charge is 2.18. The van der Waals surface area contributed by atoms with Crippen LogP contribution in [0.4, 0.5) is 8.78 Å². The van der Waals surface area contributed by atoms with E-state index in [4.69, 9.17) is 9.47 Å². The molecule has 9 heteroatoms. The molecule has 0 fully saturated rings. The fraction of sp³-hybridized carbons (Fsp3) is 0.533. The van der Waals surface area contributed by atoms with Crippen molar-refractivity contribution in [3.8, 4) is 11.8 Å². The van der Waals surface area contributed by atoms with Crippen LogP contribution in [0.3, 0.4) is 0 Å². The van der Waals surface area contributed by atoms with Crippen molar-refractivity contribution in [2.24, 2.45) is 4.99 Å². The number of aliphatic imine (C=N–C) groups is 1. The van der Waals surface area contributed by atoms with E-state index in [0.717, 1.165) is 5.75 Å². The molecule has 1 aromatic rings. The normalized spacial score (nSPS) is 14.0. The summed E-state index contributed by atoms with van der Waals surface area (Å²) in [7, 11) is 0. The van der Waals surface area contributed by atoms with Crippen LogP contribution in [0.2, 0.25) is 0 Å². The minimum atomic E-state index is -1.27. The third-order valence-electron chi connectivity index (χ3n) is 2.83. The van der Waals surface area contributed by atoms with Gasteiger partial charge in [0.25, 0.3) is 5.91 Å². The van der Waals surface area contributed by atoms with E-state index in [1.165, 1.54) is 23.9 Å². The molecule has 0 unspecified atom stereocenters. The van der Waals surface area contributed by atoms with E-state index in [9.17, 15) is 13.6 Å². The number of amides is 1. The van der Waals surface area contributed by atoms with Gasteiger partial charge in [0.1, 0.15) is 13.3 Å². The molecule has 0 bridgehead atoms. The number of pyridine rings is 1. The quantitative estimate of drug-likeness (QED) is 0.809. The second kappa shape index (κ2) is 8.81. The lowest BCUT2D eigenvalue weighted by atomic mass is 10.2. The number of amidine groups is 1. The van der Waals surface area contributed by atoms with Gasteiger partial charge in [0.15, 0.2) is 11.3 Å². The Hall–Kier alpha value is -1.90. The number of ether oxygens (including phenoxy) is 2. The lowest BCUT2D eigenvalue weighted by Crippen LogP contribution is -2.28. The SMILES string of the molecule is CC(C)Oc1cc(C(=O)NC2=NCCS2)cc(OC(CF)CF)n1. The predicted molar refractivity (Wildman–Crippen MR) is 88.6 cm³/mol. The van der Waals surface area contributed by atoms with Crippen LogP contribution in [0.1, 0.15) is 24.2 Å². The molecule has 0 saturated carbocycles. The second-order valence-electron chi connectivity index (χ2n) is 5.24. The summed E-state index contributed by atoms with van der Waals surface area (Å²) in [5, 5.41) is 3.21. The molecule has 6 nitrogen and oxygen atoms in total. The van der Waals surface area contributed by atoms with Crippen molar-refractivity contribution in [2.45, 2.75) is 26.1 Å². The van der Waals surface area contributed by atoms with Crippen LogP contribution in [0.25, 0.3) is 0 Å². The third kappa shape index (κ3) is 5.33. The zero-order valence-corrected chi connectivity index (χ0v) is 14.2. The van der Waals surface area contributed by atoms with Crippen molar-refractivity contribution < 1.29 is 23.0 Å². The molecule has 24 heavy (non-hydrogen) atoms. The molecule has 0 saturated heterocycles. The van der Waals surface area contributed by atoms with Crippen LogP contribution in [-0.4, -0.2) is 53.9 Å². The first kappa shape index (κ1) is 18.4.